The van der Waals surface area contributed by atoms with Gasteiger partial charge in [-0.2, -0.15) is 0 Å². The lowest BCUT2D eigenvalue weighted by molar-refractivity contribution is 0.0592. The first kappa shape index (κ1) is 19.0. The van der Waals surface area contributed by atoms with Gasteiger partial charge in [0.25, 0.3) is 0 Å². The van der Waals surface area contributed by atoms with Crippen LogP contribution in [0.1, 0.15) is 40.4 Å². The first-order chi connectivity index (χ1) is 13.1. The maximum atomic E-state index is 12.3. The smallest absolute Gasteiger partial charge is 0.338 e. The van der Waals surface area contributed by atoms with Gasteiger partial charge >= 0.3 is 5.97 Å². The summed E-state index contributed by atoms with van der Waals surface area (Å²) in [5, 5.41) is 10.8. The Kier molecular flexibility index (Phi) is 5.56. The fourth-order valence-corrected chi connectivity index (χ4v) is 3.76. The summed E-state index contributed by atoms with van der Waals surface area (Å²) in [6.07, 6.45) is 1.25. The minimum Gasteiger partial charge on any atom is -0.493 e. The summed E-state index contributed by atoms with van der Waals surface area (Å²) in [4.78, 5) is 12.3. The zero-order chi connectivity index (χ0) is 19.6. The molecule has 0 amide bonds. The first-order valence-electron chi connectivity index (χ1n) is 8.78. The SMILES string of the molecule is COC(=O)c1cccc2c1[C@H](O)CCCc1cc(OC)c(OC)c(OC)c1-2. The standard InChI is InChI=1S/C21H24O6/c1-24-16-11-12-7-5-10-15(22)18-13(8-6-9-14(18)21(23)27-4)17(12)20(26-3)19(16)25-2/h6,8-9,11,15,22H,5,7,10H2,1-4H3/t15-/m1/s1. The molecule has 6 nitrogen and oxygen atoms in total. The van der Waals surface area contributed by atoms with Crippen LogP contribution in [0.5, 0.6) is 17.2 Å². The van der Waals surface area contributed by atoms with E-state index in [0.717, 1.165) is 29.5 Å². The van der Waals surface area contributed by atoms with Gasteiger partial charge in [-0.3, -0.25) is 0 Å². The quantitative estimate of drug-likeness (QED) is 0.828. The summed E-state index contributed by atoms with van der Waals surface area (Å²) in [5.41, 5.74) is 3.45. The molecular weight excluding hydrogens is 348 g/mol. The van der Waals surface area contributed by atoms with Crippen molar-refractivity contribution < 1.29 is 28.8 Å². The molecule has 1 aliphatic rings. The van der Waals surface area contributed by atoms with Crippen molar-refractivity contribution in [2.45, 2.75) is 25.4 Å². The van der Waals surface area contributed by atoms with Crippen LogP contribution >= 0.6 is 0 Å². The van der Waals surface area contributed by atoms with E-state index in [1.54, 1.807) is 33.5 Å². The van der Waals surface area contributed by atoms with Crippen molar-refractivity contribution >= 4 is 5.97 Å². The highest BCUT2D eigenvalue weighted by Crippen LogP contribution is 2.50. The highest BCUT2D eigenvalue weighted by atomic mass is 16.5. The molecule has 2 aromatic rings. The molecule has 0 unspecified atom stereocenters. The topological polar surface area (TPSA) is 74.2 Å². The second-order valence-corrected chi connectivity index (χ2v) is 6.35. The van der Waals surface area contributed by atoms with Crippen molar-refractivity contribution in [3.05, 3.63) is 41.0 Å². The van der Waals surface area contributed by atoms with Crippen molar-refractivity contribution in [3.63, 3.8) is 0 Å². The predicted molar refractivity (Wildman–Crippen MR) is 101 cm³/mol. The lowest BCUT2D eigenvalue weighted by atomic mass is 9.83. The third-order valence-electron chi connectivity index (χ3n) is 4.95. The molecule has 0 aromatic heterocycles. The van der Waals surface area contributed by atoms with E-state index in [1.807, 2.05) is 12.1 Å². The Morgan fingerprint density at radius 1 is 1.07 bits per heavy atom. The van der Waals surface area contributed by atoms with Gasteiger partial charge in [0.2, 0.25) is 5.75 Å². The molecule has 0 bridgehead atoms. The Labute approximate surface area is 158 Å². The molecular formula is C21H24O6. The Morgan fingerprint density at radius 3 is 2.44 bits per heavy atom. The minimum atomic E-state index is -0.777. The second-order valence-electron chi connectivity index (χ2n) is 6.35. The van der Waals surface area contributed by atoms with Gasteiger partial charge in [-0.25, -0.2) is 4.79 Å². The predicted octanol–water partition coefficient (Wildman–Crippen LogP) is 3.54. The van der Waals surface area contributed by atoms with Crippen molar-refractivity contribution in [3.8, 4) is 28.4 Å². The molecule has 0 fully saturated rings. The summed E-state index contributed by atoms with van der Waals surface area (Å²) >= 11 is 0. The van der Waals surface area contributed by atoms with Gasteiger partial charge in [-0.05, 0) is 42.5 Å². The molecule has 1 N–H and O–H groups in total. The zero-order valence-corrected chi connectivity index (χ0v) is 16.0. The number of carbonyl (C=O) groups is 1. The zero-order valence-electron chi connectivity index (χ0n) is 16.0. The van der Waals surface area contributed by atoms with Crippen LogP contribution in [-0.2, 0) is 11.2 Å². The molecule has 0 saturated heterocycles. The highest BCUT2D eigenvalue weighted by Gasteiger charge is 2.29. The van der Waals surface area contributed by atoms with E-state index in [2.05, 4.69) is 0 Å². The minimum absolute atomic E-state index is 0.354. The third-order valence-corrected chi connectivity index (χ3v) is 4.95. The maximum Gasteiger partial charge on any atom is 0.338 e. The first-order valence-corrected chi connectivity index (χ1v) is 8.78. The summed E-state index contributed by atoms with van der Waals surface area (Å²) in [7, 11) is 6.03. The average Bonchev–Trinajstić information content (AvgIpc) is 2.70. The molecule has 144 valence electrons. The number of carbonyl (C=O) groups excluding carboxylic acids is 1. The fraction of sp³-hybridized carbons (Fsp3) is 0.381. The largest absolute Gasteiger partial charge is 0.493 e. The molecule has 1 aliphatic carbocycles. The maximum absolute atomic E-state index is 12.3. The summed E-state index contributed by atoms with van der Waals surface area (Å²) in [6, 6.07) is 7.26. The number of benzene rings is 2. The molecule has 3 rings (SSSR count). The van der Waals surface area contributed by atoms with Gasteiger partial charge < -0.3 is 24.1 Å². The number of ether oxygens (including phenoxy) is 4. The molecule has 27 heavy (non-hydrogen) atoms. The normalized spacial score (nSPS) is 15.7. The van der Waals surface area contributed by atoms with E-state index in [-0.39, 0.29) is 0 Å². The van der Waals surface area contributed by atoms with Crippen LogP contribution < -0.4 is 14.2 Å². The lowest BCUT2D eigenvalue weighted by Crippen LogP contribution is -2.14. The van der Waals surface area contributed by atoms with Crippen molar-refractivity contribution in [1.29, 1.82) is 0 Å². The Balaban J connectivity index is 2.40. The Morgan fingerprint density at radius 2 is 1.81 bits per heavy atom. The number of esters is 1. The highest BCUT2D eigenvalue weighted by molar-refractivity contribution is 5.95. The number of rotatable bonds is 4. The summed E-state index contributed by atoms with van der Waals surface area (Å²) in [6.45, 7) is 0. The van der Waals surface area contributed by atoms with Crippen LogP contribution in [-0.4, -0.2) is 39.5 Å². The number of hydrogen-bond donors (Lipinski definition) is 1. The molecule has 6 heteroatoms. The Bertz CT molecular complexity index is 858. The Hall–Kier alpha value is -2.73. The van der Waals surface area contributed by atoms with Gasteiger partial charge in [-0.1, -0.05) is 12.1 Å². The number of aliphatic hydroxyl groups is 1. The van der Waals surface area contributed by atoms with E-state index in [9.17, 15) is 9.90 Å². The molecule has 0 saturated carbocycles. The van der Waals surface area contributed by atoms with Crippen molar-refractivity contribution in [2.24, 2.45) is 0 Å². The number of aliphatic hydroxyl groups excluding tert-OH is 1. The lowest BCUT2D eigenvalue weighted by Gasteiger charge is -2.26. The van der Waals surface area contributed by atoms with E-state index in [0.29, 0.717) is 34.8 Å². The van der Waals surface area contributed by atoms with Gasteiger partial charge in [0.1, 0.15) is 0 Å². The number of fused-ring (bicyclic) bond motifs is 3. The van der Waals surface area contributed by atoms with E-state index in [1.165, 1.54) is 7.11 Å². The number of aryl methyl sites for hydroxylation is 1. The van der Waals surface area contributed by atoms with Crippen LogP contribution in [0.2, 0.25) is 0 Å². The number of hydrogen-bond acceptors (Lipinski definition) is 6. The van der Waals surface area contributed by atoms with Crippen molar-refractivity contribution in [1.82, 2.24) is 0 Å². The molecule has 2 aromatic carbocycles. The average molecular weight is 372 g/mol. The molecule has 0 spiro atoms. The fourth-order valence-electron chi connectivity index (χ4n) is 3.76. The van der Waals surface area contributed by atoms with Crippen LogP contribution in [0.15, 0.2) is 24.3 Å². The van der Waals surface area contributed by atoms with Gasteiger partial charge in [0.05, 0.1) is 40.1 Å². The van der Waals surface area contributed by atoms with Crippen LogP contribution in [0, 0.1) is 0 Å². The van der Waals surface area contributed by atoms with Crippen molar-refractivity contribution in [2.75, 3.05) is 28.4 Å². The van der Waals surface area contributed by atoms with Gasteiger partial charge in [0.15, 0.2) is 11.5 Å². The van der Waals surface area contributed by atoms with Crippen LogP contribution in [0.3, 0.4) is 0 Å². The van der Waals surface area contributed by atoms with Gasteiger partial charge in [0, 0.05) is 11.1 Å². The van der Waals surface area contributed by atoms with Crippen LogP contribution in [0.25, 0.3) is 11.1 Å². The van der Waals surface area contributed by atoms with E-state index < -0.39 is 12.1 Å². The summed E-state index contributed by atoms with van der Waals surface area (Å²) in [5.74, 6) is 1.10. The van der Waals surface area contributed by atoms with E-state index in [4.69, 9.17) is 18.9 Å². The monoisotopic (exact) mass is 372 g/mol. The van der Waals surface area contributed by atoms with Gasteiger partial charge in [-0.15, -0.1) is 0 Å². The molecule has 1 atom stereocenters. The summed E-state index contributed by atoms with van der Waals surface area (Å²) < 4.78 is 21.6. The molecule has 0 radical (unpaired) electrons. The number of methoxy groups -OCH3 is 4. The second kappa shape index (κ2) is 7.88. The van der Waals surface area contributed by atoms with Crippen LogP contribution in [0.4, 0.5) is 0 Å². The molecule has 0 aliphatic heterocycles. The van der Waals surface area contributed by atoms with E-state index >= 15 is 0 Å². The third kappa shape index (κ3) is 3.21. The molecule has 0 heterocycles.